The summed E-state index contributed by atoms with van der Waals surface area (Å²) < 4.78 is 5.48. The topological polar surface area (TPSA) is 71.5 Å². The second-order valence-corrected chi connectivity index (χ2v) is 5.54. The van der Waals surface area contributed by atoms with E-state index in [-0.39, 0.29) is 23.3 Å². The predicted octanol–water partition coefficient (Wildman–Crippen LogP) is 1.37. The van der Waals surface area contributed by atoms with Crippen LogP contribution in [0.4, 0.5) is 5.95 Å². The van der Waals surface area contributed by atoms with Crippen molar-refractivity contribution in [3.63, 3.8) is 0 Å². The molecule has 1 amide bonds. The van der Waals surface area contributed by atoms with Gasteiger partial charge in [0.25, 0.3) is 0 Å². The van der Waals surface area contributed by atoms with Crippen molar-refractivity contribution >= 4 is 23.5 Å². The first kappa shape index (κ1) is 15.8. The average Bonchev–Trinajstić information content (AvgIpc) is 2.62. The van der Waals surface area contributed by atoms with E-state index in [1.54, 1.807) is 6.92 Å². The van der Waals surface area contributed by atoms with E-state index < -0.39 is 0 Å². The Balaban J connectivity index is 2.13. The van der Waals surface area contributed by atoms with Gasteiger partial charge in [-0.25, -0.2) is 0 Å². The van der Waals surface area contributed by atoms with Crippen LogP contribution in [0, 0.1) is 0 Å². The minimum absolute atomic E-state index is 0.0337. The van der Waals surface area contributed by atoms with E-state index in [0.717, 1.165) is 19.5 Å². The van der Waals surface area contributed by atoms with E-state index in [2.05, 4.69) is 15.0 Å². The summed E-state index contributed by atoms with van der Waals surface area (Å²) in [5.74, 6) is 0.588. The third-order valence-corrected chi connectivity index (χ3v) is 3.31. The van der Waals surface area contributed by atoms with Crippen LogP contribution in [-0.2, 0) is 4.79 Å². The SMILES string of the molecule is CC(=O)N1CCCN(c2nc(Cl)nc(OC(C)C)n2)CC1. The van der Waals surface area contributed by atoms with Gasteiger partial charge in [0.15, 0.2) is 0 Å². The van der Waals surface area contributed by atoms with Crippen LogP contribution in [0.15, 0.2) is 0 Å². The van der Waals surface area contributed by atoms with Crippen LogP contribution >= 0.6 is 11.6 Å². The van der Waals surface area contributed by atoms with E-state index in [9.17, 15) is 4.79 Å². The molecule has 2 heterocycles. The maximum atomic E-state index is 11.4. The Kier molecular flexibility index (Phi) is 5.17. The zero-order valence-corrected chi connectivity index (χ0v) is 13.3. The number of nitrogens with zero attached hydrogens (tertiary/aromatic N) is 5. The molecule has 8 heteroatoms. The number of halogens is 1. The van der Waals surface area contributed by atoms with Gasteiger partial charge in [-0.15, -0.1) is 0 Å². The van der Waals surface area contributed by atoms with E-state index in [0.29, 0.717) is 19.0 Å². The molecule has 0 aliphatic carbocycles. The summed E-state index contributed by atoms with van der Waals surface area (Å²) in [7, 11) is 0. The molecule has 0 spiro atoms. The quantitative estimate of drug-likeness (QED) is 0.839. The number of hydrogen-bond donors (Lipinski definition) is 0. The van der Waals surface area contributed by atoms with E-state index in [4.69, 9.17) is 16.3 Å². The van der Waals surface area contributed by atoms with Crippen LogP contribution in [0.1, 0.15) is 27.2 Å². The van der Waals surface area contributed by atoms with Crippen LogP contribution in [0.25, 0.3) is 0 Å². The number of carbonyl (C=O) groups is 1. The Morgan fingerprint density at radius 1 is 1.19 bits per heavy atom. The van der Waals surface area contributed by atoms with Crippen LogP contribution in [0.2, 0.25) is 5.28 Å². The molecule has 0 radical (unpaired) electrons. The van der Waals surface area contributed by atoms with Gasteiger partial charge in [0, 0.05) is 33.1 Å². The summed E-state index contributed by atoms with van der Waals surface area (Å²) in [5.41, 5.74) is 0. The fourth-order valence-corrected chi connectivity index (χ4v) is 2.31. The predicted molar refractivity (Wildman–Crippen MR) is 79.7 cm³/mol. The lowest BCUT2D eigenvalue weighted by Gasteiger charge is -2.21. The molecule has 1 fully saturated rings. The van der Waals surface area contributed by atoms with Crippen molar-refractivity contribution in [1.82, 2.24) is 19.9 Å². The van der Waals surface area contributed by atoms with Crippen LogP contribution < -0.4 is 9.64 Å². The molecule has 0 aromatic carbocycles. The molecule has 0 unspecified atom stereocenters. The Hall–Kier alpha value is -1.63. The second kappa shape index (κ2) is 6.89. The molecule has 21 heavy (non-hydrogen) atoms. The molecular weight excluding hydrogens is 294 g/mol. The number of rotatable bonds is 3. The summed E-state index contributed by atoms with van der Waals surface area (Å²) in [4.78, 5) is 27.7. The van der Waals surface area contributed by atoms with Gasteiger partial charge in [-0.1, -0.05) is 0 Å². The highest BCUT2D eigenvalue weighted by Gasteiger charge is 2.20. The van der Waals surface area contributed by atoms with Gasteiger partial charge in [0.1, 0.15) is 0 Å². The fraction of sp³-hybridized carbons (Fsp3) is 0.692. The van der Waals surface area contributed by atoms with Crippen LogP contribution in [0.5, 0.6) is 6.01 Å². The molecule has 0 N–H and O–H groups in total. The molecular formula is C13H20ClN5O2. The first-order chi connectivity index (χ1) is 9.95. The molecule has 0 saturated carbocycles. The van der Waals surface area contributed by atoms with Crippen molar-refractivity contribution in [3.8, 4) is 6.01 Å². The van der Waals surface area contributed by atoms with Crippen molar-refractivity contribution in [2.24, 2.45) is 0 Å². The molecule has 116 valence electrons. The maximum absolute atomic E-state index is 11.4. The third-order valence-electron chi connectivity index (χ3n) is 3.14. The molecule has 1 aliphatic heterocycles. The summed E-state index contributed by atoms with van der Waals surface area (Å²) in [6, 6.07) is 0.229. The normalized spacial score (nSPS) is 16.0. The summed E-state index contributed by atoms with van der Waals surface area (Å²) in [6.45, 7) is 8.22. The monoisotopic (exact) mass is 313 g/mol. The van der Waals surface area contributed by atoms with Gasteiger partial charge in [-0.3, -0.25) is 4.79 Å². The summed E-state index contributed by atoms with van der Waals surface area (Å²) >= 11 is 5.94. The second-order valence-electron chi connectivity index (χ2n) is 5.20. The Bertz CT molecular complexity index is 511. The first-order valence-electron chi connectivity index (χ1n) is 7.04. The largest absolute Gasteiger partial charge is 0.461 e. The average molecular weight is 314 g/mol. The molecule has 7 nitrogen and oxygen atoms in total. The third kappa shape index (κ3) is 4.42. The van der Waals surface area contributed by atoms with E-state index in [1.807, 2.05) is 23.6 Å². The lowest BCUT2D eigenvalue weighted by atomic mass is 10.4. The van der Waals surface area contributed by atoms with Crippen molar-refractivity contribution in [1.29, 1.82) is 0 Å². The van der Waals surface area contributed by atoms with Gasteiger partial charge in [0.2, 0.25) is 17.1 Å². The lowest BCUT2D eigenvalue weighted by Crippen LogP contribution is -2.34. The highest BCUT2D eigenvalue weighted by Crippen LogP contribution is 2.17. The zero-order valence-electron chi connectivity index (χ0n) is 12.5. The highest BCUT2D eigenvalue weighted by molar-refractivity contribution is 6.28. The van der Waals surface area contributed by atoms with Crippen molar-refractivity contribution in [2.75, 3.05) is 31.1 Å². The van der Waals surface area contributed by atoms with Crippen molar-refractivity contribution in [3.05, 3.63) is 5.28 Å². The highest BCUT2D eigenvalue weighted by atomic mass is 35.5. The number of hydrogen-bond acceptors (Lipinski definition) is 6. The fourth-order valence-electron chi connectivity index (χ4n) is 2.16. The Morgan fingerprint density at radius 3 is 2.62 bits per heavy atom. The first-order valence-corrected chi connectivity index (χ1v) is 7.42. The molecule has 1 aromatic rings. The maximum Gasteiger partial charge on any atom is 0.322 e. The van der Waals surface area contributed by atoms with Crippen LogP contribution in [0.3, 0.4) is 0 Å². The number of carbonyl (C=O) groups excluding carboxylic acids is 1. The van der Waals surface area contributed by atoms with Gasteiger partial charge in [-0.2, -0.15) is 15.0 Å². The number of aromatic nitrogens is 3. The number of anilines is 1. The van der Waals surface area contributed by atoms with Crippen molar-refractivity contribution in [2.45, 2.75) is 33.3 Å². The van der Waals surface area contributed by atoms with Crippen LogP contribution in [-0.4, -0.2) is 58.0 Å². The number of ether oxygens (including phenoxy) is 1. The zero-order chi connectivity index (χ0) is 15.4. The van der Waals surface area contributed by atoms with Gasteiger partial charge in [0.05, 0.1) is 6.10 Å². The Morgan fingerprint density at radius 2 is 1.95 bits per heavy atom. The van der Waals surface area contributed by atoms with E-state index >= 15 is 0 Å². The number of amides is 1. The molecule has 0 bridgehead atoms. The standard InChI is InChI=1S/C13H20ClN5O2/c1-9(2)21-13-16-11(14)15-12(17-13)19-6-4-5-18(7-8-19)10(3)20/h9H,4-8H2,1-3H3. The van der Waals surface area contributed by atoms with Gasteiger partial charge < -0.3 is 14.5 Å². The van der Waals surface area contributed by atoms with Gasteiger partial charge in [-0.05, 0) is 31.9 Å². The molecule has 1 aliphatic rings. The smallest absolute Gasteiger partial charge is 0.322 e. The molecule has 0 atom stereocenters. The molecule has 2 rings (SSSR count). The lowest BCUT2D eigenvalue weighted by molar-refractivity contribution is -0.128. The summed E-state index contributed by atoms with van der Waals surface area (Å²) in [5, 5.41) is 0.114. The minimum Gasteiger partial charge on any atom is -0.461 e. The molecule has 1 saturated heterocycles. The van der Waals surface area contributed by atoms with Crippen molar-refractivity contribution < 1.29 is 9.53 Å². The minimum atomic E-state index is -0.0337. The van der Waals surface area contributed by atoms with E-state index in [1.165, 1.54) is 0 Å². The Labute approximate surface area is 129 Å². The summed E-state index contributed by atoms with van der Waals surface area (Å²) in [6.07, 6.45) is 0.831. The molecule has 1 aromatic heterocycles. The van der Waals surface area contributed by atoms with Gasteiger partial charge >= 0.3 is 6.01 Å².